The molecule has 0 bridgehead atoms. The number of halogens is 1. The second kappa shape index (κ2) is 10.9. The second-order valence-corrected chi connectivity index (χ2v) is 9.94. The van der Waals surface area contributed by atoms with Crippen molar-refractivity contribution in [2.45, 2.75) is 45.8 Å². The van der Waals surface area contributed by atoms with Gasteiger partial charge in [0.1, 0.15) is 5.82 Å². The summed E-state index contributed by atoms with van der Waals surface area (Å²) in [7, 11) is 0.629. The van der Waals surface area contributed by atoms with Crippen molar-refractivity contribution in [2.75, 3.05) is 24.3 Å². The summed E-state index contributed by atoms with van der Waals surface area (Å²) in [5.74, 6) is 0.496. The van der Waals surface area contributed by atoms with Crippen molar-refractivity contribution in [2.24, 2.45) is 0 Å². The molecule has 1 saturated heterocycles. The maximum Gasteiger partial charge on any atom is 0.495 e. The van der Waals surface area contributed by atoms with Gasteiger partial charge in [-0.1, -0.05) is 36.9 Å². The summed E-state index contributed by atoms with van der Waals surface area (Å²) in [5.41, 5.74) is 2.16. The van der Waals surface area contributed by atoms with Gasteiger partial charge in [-0.3, -0.25) is 0 Å². The first-order valence-corrected chi connectivity index (χ1v) is 11.8. The molecule has 1 fully saturated rings. The third-order valence-corrected chi connectivity index (χ3v) is 6.37. The van der Waals surface area contributed by atoms with Gasteiger partial charge in [0.05, 0.1) is 23.9 Å². The van der Waals surface area contributed by atoms with E-state index < -0.39 is 24.3 Å². The fraction of sp³-hybridized carbons (Fsp3) is 0.346. The van der Waals surface area contributed by atoms with Crippen LogP contribution < -0.4 is 16.1 Å². The Morgan fingerprint density at radius 2 is 1.92 bits per heavy atom. The average Bonchev–Trinajstić information content (AvgIpc) is 3.04. The van der Waals surface area contributed by atoms with Gasteiger partial charge in [0.25, 0.3) is 0 Å². The van der Waals surface area contributed by atoms with Crippen LogP contribution in [-0.4, -0.2) is 47.9 Å². The van der Waals surface area contributed by atoms with Gasteiger partial charge in [0.15, 0.2) is 0 Å². The molecule has 0 amide bonds. The van der Waals surface area contributed by atoms with Crippen molar-refractivity contribution in [3.05, 3.63) is 71.4 Å². The molecular formula is C26H32BClN4O4. The van der Waals surface area contributed by atoms with E-state index >= 15 is 0 Å². The van der Waals surface area contributed by atoms with Gasteiger partial charge in [0, 0.05) is 29.0 Å². The molecule has 3 rings (SSSR count). The van der Waals surface area contributed by atoms with Crippen LogP contribution in [0.2, 0.25) is 0 Å². The van der Waals surface area contributed by atoms with E-state index in [2.05, 4.69) is 33.8 Å². The molecule has 0 spiro atoms. The number of esters is 1. The standard InChI is InChI=1S/C26H32BClN4O4/c1-9-18(12-17(3)28)15-29-22-16(2)14-30-24(32-22)31-19-10-11-21(20(13-19)23(33)34-8)27-35-25(4,5)26(6,7)36-27/h9-14H,1,3,15H2,2,4-8H3,(H2,29,30,31,32)/b18-12+. The fourth-order valence-electron chi connectivity index (χ4n) is 3.48. The summed E-state index contributed by atoms with van der Waals surface area (Å²) in [6, 6.07) is 5.27. The minimum absolute atomic E-state index is 0.327. The Morgan fingerprint density at radius 1 is 1.25 bits per heavy atom. The van der Waals surface area contributed by atoms with Crippen molar-refractivity contribution < 1.29 is 18.8 Å². The zero-order valence-corrected chi connectivity index (χ0v) is 22.3. The van der Waals surface area contributed by atoms with E-state index in [-0.39, 0.29) is 0 Å². The smallest absolute Gasteiger partial charge is 0.465 e. The number of anilines is 3. The maximum absolute atomic E-state index is 12.6. The maximum atomic E-state index is 12.6. The number of ether oxygens (including phenoxy) is 1. The molecule has 1 aliphatic rings. The van der Waals surface area contributed by atoms with E-state index in [4.69, 9.17) is 25.6 Å². The molecule has 0 aliphatic carbocycles. The third kappa shape index (κ3) is 6.16. The Morgan fingerprint density at radius 3 is 2.50 bits per heavy atom. The Bertz CT molecular complexity index is 1200. The van der Waals surface area contributed by atoms with Crippen LogP contribution in [0.3, 0.4) is 0 Å². The molecule has 2 N–H and O–H groups in total. The monoisotopic (exact) mass is 510 g/mol. The number of carbonyl (C=O) groups excluding carboxylic acids is 1. The van der Waals surface area contributed by atoms with Gasteiger partial charge in [-0.25, -0.2) is 9.78 Å². The van der Waals surface area contributed by atoms with Crippen molar-refractivity contribution in [1.82, 2.24) is 9.97 Å². The summed E-state index contributed by atoms with van der Waals surface area (Å²) in [6.07, 6.45) is 5.13. The summed E-state index contributed by atoms with van der Waals surface area (Å²) in [6.45, 7) is 17.7. The lowest BCUT2D eigenvalue weighted by Gasteiger charge is -2.32. The molecule has 1 aromatic carbocycles. The molecule has 0 radical (unpaired) electrons. The van der Waals surface area contributed by atoms with E-state index in [1.54, 1.807) is 30.5 Å². The molecule has 2 heterocycles. The fourth-order valence-corrected chi connectivity index (χ4v) is 3.62. The highest BCUT2D eigenvalue weighted by atomic mass is 35.5. The van der Waals surface area contributed by atoms with E-state index in [1.807, 2.05) is 40.7 Å². The molecule has 2 aromatic rings. The van der Waals surface area contributed by atoms with E-state index in [1.165, 1.54) is 7.11 Å². The highest BCUT2D eigenvalue weighted by Crippen LogP contribution is 2.37. The molecule has 10 heteroatoms. The topological polar surface area (TPSA) is 94.6 Å². The van der Waals surface area contributed by atoms with E-state index in [0.717, 1.165) is 11.1 Å². The summed E-state index contributed by atoms with van der Waals surface area (Å²) in [5, 5.41) is 6.83. The van der Waals surface area contributed by atoms with Gasteiger partial charge in [0.2, 0.25) is 5.95 Å². The predicted octanol–water partition coefficient (Wildman–Crippen LogP) is 4.89. The number of hydrogen-bond donors (Lipinski definition) is 2. The van der Waals surface area contributed by atoms with Crippen LogP contribution in [0, 0.1) is 6.92 Å². The minimum Gasteiger partial charge on any atom is -0.465 e. The van der Waals surface area contributed by atoms with Gasteiger partial charge in [-0.05, 0) is 63.9 Å². The van der Waals surface area contributed by atoms with Gasteiger partial charge in [-0.2, -0.15) is 4.98 Å². The third-order valence-electron chi connectivity index (χ3n) is 6.26. The number of aryl methyl sites for hydroxylation is 1. The van der Waals surface area contributed by atoms with Crippen molar-refractivity contribution >= 4 is 47.6 Å². The van der Waals surface area contributed by atoms with Gasteiger partial charge in [-0.15, -0.1) is 0 Å². The lowest BCUT2D eigenvalue weighted by atomic mass is 9.75. The van der Waals surface area contributed by atoms with Crippen molar-refractivity contribution in [3.8, 4) is 0 Å². The number of rotatable bonds is 9. The largest absolute Gasteiger partial charge is 0.495 e. The second-order valence-electron chi connectivity index (χ2n) is 9.46. The van der Waals surface area contributed by atoms with Gasteiger partial charge >= 0.3 is 13.1 Å². The van der Waals surface area contributed by atoms with Crippen LogP contribution in [0.15, 0.2) is 60.3 Å². The van der Waals surface area contributed by atoms with Gasteiger partial charge < -0.3 is 24.7 Å². The zero-order valence-electron chi connectivity index (χ0n) is 21.6. The average molecular weight is 511 g/mol. The van der Waals surface area contributed by atoms with Crippen LogP contribution in [-0.2, 0) is 14.0 Å². The van der Waals surface area contributed by atoms with Crippen LogP contribution in [0.25, 0.3) is 0 Å². The number of nitrogens with one attached hydrogen (secondary N) is 2. The zero-order chi connectivity index (χ0) is 26.7. The van der Waals surface area contributed by atoms with Crippen molar-refractivity contribution in [1.29, 1.82) is 0 Å². The first kappa shape index (κ1) is 27.5. The molecular weight excluding hydrogens is 479 g/mol. The van der Waals surface area contributed by atoms with Crippen LogP contribution in [0.4, 0.5) is 17.5 Å². The number of benzene rings is 1. The number of carbonyl (C=O) groups is 1. The number of nitrogens with zero attached hydrogens (tertiary/aromatic N) is 2. The first-order chi connectivity index (χ1) is 16.9. The number of methoxy groups -OCH3 is 1. The highest BCUT2D eigenvalue weighted by Gasteiger charge is 2.52. The summed E-state index contributed by atoms with van der Waals surface area (Å²) in [4.78, 5) is 21.6. The van der Waals surface area contributed by atoms with Crippen LogP contribution in [0.5, 0.6) is 0 Å². The molecule has 0 saturated carbocycles. The molecule has 1 aliphatic heterocycles. The molecule has 190 valence electrons. The molecule has 0 unspecified atom stereocenters. The quantitative estimate of drug-likeness (QED) is 0.280. The lowest BCUT2D eigenvalue weighted by Crippen LogP contribution is -2.41. The Balaban J connectivity index is 1.85. The number of aromatic nitrogens is 2. The van der Waals surface area contributed by atoms with Crippen molar-refractivity contribution in [3.63, 3.8) is 0 Å². The number of allylic oxidation sites excluding steroid dienone is 2. The normalized spacial score (nSPS) is 16.4. The predicted molar refractivity (Wildman–Crippen MR) is 145 cm³/mol. The lowest BCUT2D eigenvalue weighted by molar-refractivity contribution is 0.00578. The molecule has 0 atom stereocenters. The minimum atomic E-state index is -0.708. The van der Waals surface area contributed by atoms with E-state index in [9.17, 15) is 4.79 Å². The Kier molecular flexibility index (Phi) is 8.28. The molecule has 8 nitrogen and oxygen atoms in total. The highest BCUT2D eigenvalue weighted by molar-refractivity contribution is 6.63. The Hall–Kier alpha value is -3.14. The summed E-state index contributed by atoms with van der Waals surface area (Å²) >= 11 is 5.88. The number of hydrogen-bond acceptors (Lipinski definition) is 8. The van der Waals surface area contributed by atoms with Crippen LogP contribution in [0.1, 0.15) is 43.6 Å². The molecule has 36 heavy (non-hydrogen) atoms. The first-order valence-electron chi connectivity index (χ1n) is 11.5. The van der Waals surface area contributed by atoms with E-state index in [0.29, 0.717) is 40.1 Å². The SMILES string of the molecule is C=C/C(=C\C(=C)Cl)CNc1nc(Nc2ccc(B3OC(C)(C)C(C)(C)O3)c(C(=O)OC)c2)ncc1C. The molecule has 1 aromatic heterocycles. The Labute approximate surface area is 217 Å². The summed E-state index contributed by atoms with van der Waals surface area (Å²) < 4.78 is 17.3. The van der Waals surface area contributed by atoms with Crippen LogP contribution >= 0.6 is 11.6 Å².